The zero-order valence-electron chi connectivity index (χ0n) is 11.8. The van der Waals surface area contributed by atoms with Gasteiger partial charge in [0.2, 0.25) is 0 Å². The van der Waals surface area contributed by atoms with Gasteiger partial charge >= 0.3 is 0 Å². The molecule has 0 spiro atoms. The molecule has 0 amide bonds. The molecule has 2 rings (SSSR count). The van der Waals surface area contributed by atoms with Crippen LogP contribution in [0.25, 0.3) is 0 Å². The monoisotopic (exact) mass is 324 g/mol. The Labute approximate surface area is 125 Å². The zero-order chi connectivity index (χ0) is 15.7. The largest absolute Gasteiger partial charge is 0.223 e. The molecule has 0 aliphatic heterocycles. The number of hydrogen-bond acceptors (Lipinski definition) is 4. The molecule has 2 aromatic rings. The first-order valence-corrected chi connectivity index (χ1v) is 9.60. The summed E-state index contributed by atoms with van der Waals surface area (Å²) in [6.07, 6.45) is 0. The Kier molecular flexibility index (Phi) is 4.20. The molecular weight excluding hydrogens is 308 g/mol. The molecule has 0 aliphatic rings. The third-order valence-electron chi connectivity index (χ3n) is 3.01. The van der Waals surface area contributed by atoms with E-state index in [4.69, 9.17) is 0 Å². The number of rotatable bonds is 4. The fraction of sp³-hybridized carbons (Fsp3) is 0.200. The first-order chi connectivity index (χ1) is 9.71. The van der Waals surface area contributed by atoms with Crippen molar-refractivity contribution in [2.75, 3.05) is 5.08 Å². The average Bonchev–Trinajstić information content (AvgIpc) is 2.37. The lowest BCUT2D eigenvalue weighted by molar-refractivity contribution is 0.589. The van der Waals surface area contributed by atoms with Gasteiger partial charge in [0.15, 0.2) is 24.8 Å². The summed E-state index contributed by atoms with van der Waals surface area (Å²) in [6, 6.07) is 12.5. The SMILES string of the molecule is Cc1cccc(S(=O)(=O)CS(=O)(=O)c2cccc(C)c2)c1. The van der Waals surface area contributed by atoms with Crippen LogP contribution < -0.4 is 0 Å². The molecule has 4 nitrogen and oxygen atoms in total. The highest BCUT2D eigenvalue weighted by molar-refractivity contribution is 8.08. The Balaban J connectivity index is 2.40. The van der Waals surface area contributed by atoms with Gasteiger partial charge in [-0.3, -0.25) is 0 Å². The lowest BCUT2D eigenvalue weighted by Gasteiger charge is -2.07. The molecule has 0 saturated carbocycles. The Morgan fingerprint density at radius 1 is 0.714 bits per heavy atom. The van der Waals surface area contributed by atoms with Crippen molar-refractivity contribution in [3.63, 3.8) is 0 Å². The maximum absolute atomic E-state index is 12.3. The second-order valence-corrected chi connectivity index (χ2v) is 9.32. The van der Waals surface area contributed by atoms with Crippen LogP contribution in [0.5, 0.6) is 0 Å². The van der Waals surface area contributed by atoms with Crippen LogP contribution in [0.1, 0.15) is 11.1 Å². The first kappa shape index (κ1) is 15.7. The molecule has 0 heterocycles. The molecule has 0 unspecified atom stereocenters. The number of sulfone groups is 2. The van der Waals surface area contributed by atoms with Crippen LogP contribution >= 0.6 is 0 Å². The fourth-order valence-corrected chi connectivity index (χ4v) is 5.98. The minimum Gasteiger partial charge on any atom is -0.223 e. The van der Waals surface area contributed by atoms with Crippen LogP contribution in [-0.2, 0) is 19.7 Å². The second kappa shape index (κ2) is 5.61. The van der Waals surface area contributed by atoms with E-state index in [1.165, 1.54) is 24.3 Å². The smallest absolute Gasteiger partial charge is 0.193 e. The van der Waals surface area contributed by atoms with E-state index in [0.29, 0.717) is 0 Å². The molecular formula is C15H16O4S2. The van der Waals surface area contributed by atoms with E-state index in [1.807, 2.05) is 0 Å². The molecule has 0 bridgehead atoms. The van der Waals surface area contributed by atoms with Crippen molar-refractivity contribution in [1.29, 1.82) is 0 Å². The maximum atomic E-state index is 12.3. The van der Waals surface area contributed by atoms with Gasteiger partial charge in [-0.2, -0.15) is 0 Å². The van der Waals surface area contributed by atoms with Crippen LogP contribution in [0.2, 0.25) is 0 Å². The van der Waals surface area contributed by atoms with Gasteiger partial charge < -0.3 is 0 Å². The van der Waals surface area contributed by atoms with Crippen molar-refractivity contribution in [2.24, 2.45) is 0 Å². The summed E-state index contributed by atoms with van der Waals surface area (Å²) < 4.78 is 49.1. The first-order valence-electron chi connectivity index (χ1n) is 6.29. The summed E-state index contributed by atoms with van der Waals surface area (Å²) in [5.74, 6) is 0. The number of benzene rings is 2. The Bertz CT molecular complexity index is 793. The summed E-state index contributed by atoms with van der Waals surface area (Å²) in [5.41, 5.74) is 1.54. The lowest BCUT2D eigenvalue weighted by Crippen LogP contribution is -2.17. The van der Waals surface area contributed by atoms with Crippen LogP contribution in [0.15, 0.2) is 58.3 Å². The molecule has 0 aliphatic carbocycles. The Morgan fingerprint density at radius 3 is 1.43 bits per heavy atom. The fourth-order valence-electron chi connectivity index (χ4n) is 1.96. The van der Waals surface area contributed by atoms with Crippen molar-refractivity contribution in [2.45, 2.75) is 23.6 Å². The maximum Gasteiger partial charge on any atom is 0.193 e. The predicted molar refractivity (Wildman–Crippen MR) is 81.6 cm³/mol. The van der Waals surface area contributed by atoms with E-state index >= 15 is 0 Å². The number of hydrogen-bond donors (Lipinski definition) is 0. The van der Waals surface area contributed by atoms with Crippen LogP contribution in [0, 0.1) is 13.8 Å². The summed E-state index contributed by atoms with van der Waals surface area (Å²) in [6.45, 7) is 3.52. The van der Waals surface area contributed by atoms with Crippen molar-refractivity contribution >= 4 is 19.7 Å². The number of aryl methyl sites for hydroxylation is 2. The van der Waals surface area contributed by atoms with Crippen molar-refractivity contribution in [3.05, 3.63) is 59.7 Å². The molecule has 112 valence electrons. The quantitative estimate of drug-likeness (QED) is 0.866. The van der Waals surface area contributed by atoms with Gasteiger partial charge in [0.1, 0.15) is 0 Å². The van der Waals surface area contributed by atoms with Crippen LogP contribution in [0.4, 0.5) is 0 Å². The molecule has 0 atom stereocenters. The van der Waals surface area contributed by atoms with Gasteiger partial charge in [0.05, 0.1) is 9.79 Å². The van der Waals surface area contributed by atoms with Crippen molar-refractivity contribution < 1.29 is 16.8 Å². The summed E-state index contributed by atoms with van der Waals surface area (Å²) >= 11 is 0. The average molecular weight is 324 g/mol. The van der Waals surface area contributed by atoms with E-state index in [1.54, 1.807) is 38.1 Å². The highest BCUT2D eigenvalue weighted by Gasteiger charge is 2.26. The summed E-state index contributed by atoms with van der Waals surface area (Å²) in [4.78, 5) is 0.0532. The highest BCUT2D eigenvalue weighted by Crippen LogP contribution is 2.20. The van der Waals surface area contributed by atoms with Gasteiger partial charge in [0, 0.05) is 0 Å². The summed E-state index contributed by atoms with van der Waals surface area (Å²) in [7, 11) is -7.78. The molecule has 0 radical (unpaired) electrons. The zero-order valence-corrected chi connectivity index (χ0v) is 13.4. The topological polar surface area (TPSA) is 68.3 Å². The van der Waals surface area contributed by atoms with Crippen LogP contribution in [0.3, 0.4) is 0 Å². The van der Waals surface area contributed by atoms with Gasteiger partial charge in [-0.15, -0.1) is 0 Å². The standard InChI is InChI=1S/C15H16O4S2/c1-12-5-3-7-14(9-12)20(16,17)11-21(18,19)15-8-4-6-13(2)10-15/h3-10H,11H2,1-2H3. The predicted octanol–water partition coefficient (Wildman–Crippen LogP) is 2.51. The summed E-state index contributed by atoms with van der Waals surface area (Å²) in [5, 5.41) is -0.924. The third kappa shape index (κ3) is 3.71. The van der Waals surface area contributed by atoms with E-state index in [9.17, 15) is 16.8 Å². The Morgan fingerprint density at radius 2 is 1.10 bits per heavy atom. The van der Waals surface area contributed by atoms with Crippen LogP contribution in [-0.4, -0.2) is 21.9 Å². The molecule has 0 saturated heterocycles. The normalized spacial score (nSPS) is 12.3. The molecule has 2 aromatic carbocycles. The molecule has 6 heteroatoms. The molecule has 0 N–H and O–H groups in total. The molecule has 0 aromatic heterocycles. The molecule has 21 heavy (non-hydrogen) atoms. The molecule has 0 fully saturated rings. The Hall–Kier alpha value is -1.66. The van der Waals surface area contributed by atoms with Crippen molar-refractivity contribution in [3.8, 4) is 0 Å². The minimum atomic E-state index is -3.89. The van der Waals surface area contributed by atoms with Gasteiger partial charge in [0.25, 0.3) is 0 Å². The highest BCUT2D eigenvalue weighted by atomic mass is 32.3. The van der Waals surface area contributed by atoms with Gasteiger partial charge in [-0.05, 0) is 49.2 Å². The van der Waals surface area contributed by atoms with E-state index in [2.05, 4.69) is 0 Å². The second-order valence-electron chi connectivity index (χ2n) is 4.98. The van der Waals surface area contributed by atoms with E-state index in [0.717, 1.165) is 11.1 Å². The lowest BCUT2D eigenvalue weighted by atomic mass is 10.2. The van der Waals surface area contributed by atoms with E-state index < -0.39 is 24.8 Å². The van der Waals surface area contributed by atoms with Crippen molar-refractivity contribution in [1.82, 2.24) is 0 Å². The van der Waals surface area contributed by atoms with Gasteiger partial charge in [-0.25, -0.2) is 16.8 Å². The van der Waals surface area contributed by atoms with Gasteiger partial charge in [-0.1, -0.05) is 24.3 Å². The third-order valence-corrected chi connectivity index (χ3v) is 7.43. The minimum absolute atomic E-state index is 0.0266. The van der Waals surface area contributed by atoms with E-state index in [-0.39, 0.29) is 9.79 Å².